The Morgan fingerprint density at radius 3 is 2.30 bits per heavy atom. The maximum Gasteiger partial charge on any atom is 0.255 e. The highest BCUT2D eigenvalue weighted by molar-refractivity contribution is 4.88. The third-order valence-electron chi connectivity index (χ3n) is 1.88. The average Bonchev–Trinajstić information content (AvgIpc) is 2.04. The Bertz CT molecular complexity index is 127. The van der Waals surface area contributed by atoms with E-state index in [1.165, 1.54) is 0 Å². The summed E-state index contributed by atoms with van der Waals surface area (Å²) in [5.41, 5.74) is 0. The molecule has 1 saturated carbocycles. The van der Waals surface area contributed by atoms with Gasteiger partial charge in [0.1, 0.15) is 0 Å². The van der Waals surface area contributed by atoms with Gasteiger partial charge in [0, 0.05) is 12.3 Å². The molecular weight excluding hydrogens is 142 g/mol. The highest BCUT2D eigenvalue weighted by atomic mass is 19.3. The van der Waals surface area contributed by atoms with Crippen LogP contribution < -0.4 is 0 Å². The van der Waals surface area contributed by atoms with Crippen LogP contribution >= 0.6 is 0 Å². The molecule has 0 aliphatic heterocycles. The average molecular weight is 152 g/mol. The summed E-state index contributed by atoms with van der Waals surface area (Å²) in [6.45, 7) is -0.538. The zero-order valence-corrected chi connectivity index (χ0v) is 5.43. The summed E-state index contributed by atoms with van der Waals surface area (Å²) in [6.07, 6.45) is -1.42. The molecule has 0 saturated heterocycles. The highest BCUT2D eigenvalue weighted by Crippen LogP contribution is 2.39. The number of hydrogen-bond donors (Lipinski definition) is 2. The summed E-state index contributed by atoms with van der Waals surface area (Å²) < 4.78 is 25.1. The maximum absolute atomic E-state index is 12.5. The molecule has 0 heterocycles. The molecule has 0 bridgehead atoms. The topological polar surface area (TPSA) is 40.5 Å². The van der Waals surface area contributed by atoms with E-state index >= 15 is 0 Å². The van der Waals surface area contributed by atoms with Crippen molar-refractivity contribution in [1.82, 2.24) is 0 Å². The lowest BCUT2D eigenvalue weighted by Crippen LogP contribution is -2.24. The van der Waals surface area contributed by atoms with E-state index in [9.17, 15) is 8.78 Å². The van der Waals surface area contributed by atoms with Crippen LogP contribution in [0.15, 0.2) is 0 Å². The minimum Gasteiger partial charge on any atom is -0.396 e. The van der Waals surface area contributed by atoms with Crippen LogP contribution in [0.5, 0.6) is 0 Å². The van der Waals surface area contributed by atoms with E-state index in [-0.39, 0.29) is 6.42 Å². The molecule has 0 aromatic heterocycles. The highest BCUT2D eigenvalue weighted by Gasteiger charge is 2.47. The van der Waals surface area contributed by atoms with Crippen LogP contribution in [-0.4, -0.2) is 28.8 Å². The van der Waals surface area contributed by atoms with Gasteiger partial charge < -0.3 is 10.2 Å². The lowest BCUT2D eigenvalue weighted by atomic mass is 10.1. The smallest absolute Gasteiger partial charge is 0.255 e. The van der Waals surface area contributed by atoms with Crippen molar-refractivity contribution in [2.24, 2.45) is 5.92 Å². The number of aliphatic hydroxyl groups is 2. The first-order chi connectivity index (χ1) is 4.56. The Morgan fingerprint density at radius 1 is 1.50 bits per heavy atom. The molecule has 1 rings (SSSR count). The zero-order valence-electron chi connectivity index (χ0n) is 5.43. The molecule has 2 nitrogen and oxygen atoms in total. The molecule has 10 heavy (non-hydrogen) atoms. The SMILES string of the molecule is OCC1CC(O)CC1(F)F. The number of hydrogen-bond acceptors (Lipinski definition) is 2. The molecule has 2 atom stereocenters. The van der Waals surface area contributed by atoms with Crippen molar-refractivity contribution in [2.45, 2.75) is 24.9 Å². The Hall–Kier alpha value is -0.220. The van der Waals surface area contributed by atoms with E-state index < -0.39 is 31.0 Å². The molecule has 0 radical (unpaired) electrons. The van der Waals surface area contributed by atoms with E-state index in [4.69, 9.17) is 10.2 Å². The maximum atomic E-state index is 12.5. The summed E-state index contributed by atoms with van der Waals surface area (Å²) in [6, 6.07) is 0. The van der Waals surface area contributed by atoms with Crippen LogP contribution in [0.25, 0.3) is 0 Å². The van der Waals surface area contributed by atoms with Gasteiger partial charge in [0.05, 0.1) is 12.7 Å². The molecule has 1 fully saturated rings. The van der Waals surface area contributed by atoms with Gasteiger partial charge in [-0.05, 0) is 6.42 Å². The molecule has 60 valence electrons. The third kappa shape index (κ3) is 1.27. The van der Waals surface area contributed by atoms with Crippen molar-refractivity contribution in [3.8, 4) is 0 Å². The number of rotatable bonds is 1. The van der Waals surface area contributed by atoms with Gasteiger partial charge in [-0.1, -0.05) is 0 Å². The van der Waals surface area contributed by atoms with Crippen molar-refractivity contribution in [1.29, 1.82) is 0 Å². The van der Waals surface area contributed by atoms with E-state index in [1.807, 2.05) is 0 Å². The van der Waals surface area contributed by atoms with Crippen molar-refractivity contribution >= 4 is 0 Å². The minimum absolute atomic E-state index is 0.0174. The fourth-order valence-corrected chi connectivity index (χ4v) is 1.27. The van der Waals surface area contributed by atoms with Crippen molar-refractivity contribution in [3.05, 3.63) is 0 Å². The number of halogens is 2. The first-order valence-corrected chi connectivity index (χ1v) is 3.23. The summed E-state index contributed by atoms with van der Waals surface area (Å²) in [5.74, 6) is -3.91. The molecule has 0 aromatic rings. The number of aliphatic hydroxyl groups excluding tert-OH is 2. The Labute approximate surface area is 57.5 Å². The van der Waals surface area contributed by atoms with Gasteiger partial charge in [-0.15, -0.1) is 0 Å². The van der Waals surface area contributed by atoms with Crippen molar-refractivity contribution in [3.63, 3.8) is 0 Å². The van der Waals surface area contributed by atoms with Crippen LogP contribution in [0.2, 0.25) is 0 Å². The second-order valence-corrected chi connectivity index (χ2v) is 2.73. The normalized spacial score (nSPS) is 38.4. The predicted molar refractivity (Wildman–Crippen MR) is 30.8 cm³/mol. The summed E-state index contributed by atoms with van der Waals surface area (Å²) in [7, 11) is 0. The van der Waals surface area contributed by atoms with Gasteiger partial charge in [0.15, 0.2) is 0 Å². The van der Waals surface area contributed by atoms with Crippen LogP contribution in [0.3, 0.4) is 0 Å². The Kier molecular flexibility index (Phi) is 1.92. The molecule has 0 spiro atoms. The van der Waals surface area contributed by atoms with Gasteiger partial charge in [-0.25, -0.2) is 8.78 Å². The molecule has 1 aliphatic rings. The Balaban J connectivity index is 2.58. The molecule has 1 aliphatic carbocycles. The van der Waals surface area contributed by atoms with E-state index in [1.54, 1.807) is 0 Å². The second kappa shape index (κ2) is 2.43. The second-order valence-electron chi connectivity index (χ2n) is 2.73. The summed E-state index contributed by atoms with van der Waals surface area (Å²) >= 11 is 0. The van der Waals surface area contributed by atoms with E-state index in [0.29, 0.717) is 0 Å². The van der Waals surface area contributed by atoms with E-state index in [0.717, 1.165) is 0 Å². The molecular formula is C6H10F2O2. The van der Waals surface area contributed by atoms with E-state index in [2.05, 4.69) is 0 Å². The fraction of sp³-hybridized carbons (Fsp3) is 1.00. The standard InChI is InChI=1S/C6H10F2O2/c7-6(8)2-5(10)1-4(6)3-9/h4-5,9-10H,1-3H2. The summed E-state index contributed by atoms with van der Waals surface area (Å²) in [4.78, 5) is 0. The molecule has 0 amide bonds. The summed E-state index contributed by atoms with van der Waals surface area (Å²) in [5, 5.41) is 17.2. The fourth-order valence-electron chi connectivity index (χ4n) is 1.27. The predicted octanol–water partition coefficient (Wildman–Crippen LogP) is 0.385. The quantitative estimate of drug-likeness (QED) is 0.570. The molecule has 2 unspecified atom stereocenters. The molecule has 0 aromatic carbocycles. The zero-order chi connectivity index (χ0) is 7.78. The molecule has 2 N–H and O–H groups in total. The molecule has 4 heteroatoms. The minimum atomic E-state index is -2.87. The van der Waals surface area contributed by atoms with Crippen LogP contribution in [0, 0.1) is 5.92 Å². The first kappa shape index (κ1) is 7.88. The van der Waals surface area contributed by atoms with Gasteiger partial charge >= 0.3 is 0 Å². The lowest BCUT2D eigenvalue weighted by Gasteiger charge is -2.14. The van der Waals surface area contributed by atoms with Gasteiger partial charge in [0.25, 0.3) is 5.92 Å². The van der Waals surface area contributed by atoms with Gasteiger partial charge in [-0.2, -0.15) is 0 Å². The third-order valence-corrected chi connectivity index (χ3v) is 1.88. The van der Waals surface area contributed by atoms with Crippen molar-refractivity contribution < 1.29 is 19.0 Å². The lowest BCUT2D eigenvalue weighted by molar-refractivity contribution is -0.0573. The van der Waals surface area contributed by atoms with Gasteiger partial charge in [-0.3, -0.25) is 0 Å². The van der Waals surface area contributed by atoms with Crippen LogP contribution in [-0.2, 0) is 0 Å². The van der Waals surface area contributed by atoms with Gasteiger partial charge in [0.2, 0.25) is 0 Å². The number of alkyl halides is 2. The Morgan fingerprint density at radius 2 is 2.10 bits per heavy atom. The van der Waals surface area contributed by atoms with Crippen molar-refractivity contribution in [2.75, 3.05) is 6.61 Å². The monoisotopic (exact) mass is 152 g/mol. The largest absolute Gasteiger partial charge is 0.396 e. The van der Waals surface area contributed by atoms with Crippen LogP contribution in [0.4, 0.5) is 8.78 Å². The first-order valence-electron chi connectivity index (χ1n) is 3.23. The van der Waals surface area contributed by atoms with Crippen LogP contribution in [0.1, 0.15) is 12.8 Å².